The van der Waals surface area contributed by atoms with Crippen LogP contribution in [0.4, 0.5) is 0 Å². The van der Waals surface area contributed by atoms with Crippen LogP contribution >= 0.6 is 0 Å². The normalized spacial score (nSPS) is 61.9. The van der Waals surface area contributed by atoms with Crippen LogP contribution in [0.2, 0.25) is 0 Å². The van der Waals surface area contributed by atoms with Gasteiger partial charge in [0.25, 0.3) is 0 Å². The molecular formula is C22H29NO4. The van der Waals surface area contributed by atoms with Crippen LogP contribution in [0.3, 0.4) is 0 Å². The van der Waals surface area contributed by atoms with Gasteiger partial charge in [-0.2, -0.15) is 0 Å². The number of ether oxygens (including phenoxy) is 1. The fraction of sp³-hybridized carbons (Fsp3) is 0.818. The summed E-state index contributed by atoms with van der Waals surface area (Å²) in [4.78, 5) is 17.1. The summed E-state index contributed by atoms with van der Waals surface area (Å²) in [7, 11) is 0. The van der Waals surface area contributed by atoms with Crippen LogP contribution in [0.15, 0.2) is 17.1 Å². The predicted molar refractivity (Wildman–Crippen MR) is 99.0 cm³/mol. The molecule has 7 aliphatic rings. The van der Waals surface area contributed by atoms with Crippen LogP contribution in [-0.2, 0) is 9.53 Å². The van der Waals surface area contributed by atoms with Gasteiger partial charge in [-0.15, -0.1) is 0 Å². The summed E-state index contributed by atoms with van der Waals surface area (Å²) in [6, 6.07) is 0.0409. The zero-order chi connectivity index (χ0) is 18.9. The van der Waals surface area contributed by atoms with Crippen molar-refractivity contribution in [1.29, 1.82) is 0 Å². The number of aliphatic hydroxyl groups excluding tert-OH is 2. The molecule has 27 heavy (non-hydrogen) atoms. The third kappa shape index (κ3) is 1.50. The number of nitrogens with zero attached hydrogens (tertiary/aromatic N) is 1. The summed E-state index contributed by atoms with van der Waals surface area (Å²) < 4.78 is 5.96. The SMILES string of the molecule is C=C1C2CCC3(C1O)C1CC4C5(C)C=NC1C4(C(OC(C)=O)CC5)C3C2O. The molecule has 1 heterocycles. The lowest BCUT2D eigenvalue weighted by Gasteiger charge is -2.67. The summed E-state index contributed by atoms with van der Waals surface area (Å²) in [5.41, 5.74) is 0.125. The minimum absolute atomic E-state index is 0.00187. The van der Waals surface area contributed by atoms with Crippen molar-refractivity contribution in [2.24, 2.45) is 44.9 Å². The molecular weight excluding hydrogens is 342 g/mol. The molecule has 1 aliphatic heterocycles. The van der Waals surface area contributed by atoms with Gasteiger partial charge in [0.1, 0.15) is 6.10 Å². The van der Waals surface area contributed by atoms with Gasteiger partial charge < -0.3 is 14.9 Å². The molecule has 7 rings (SSSR count). The molecule has 2 spiro atoms. The van der Waals surface area contributed by atoms with Crippen LogP contribution in [0.25, 0.3) is 0 Å². The van der Waals surface area contributed by atoms with Gasteiger partial charge in [-0.1, -0.05) is 13.5 Å². The van der Waals surface area contributed by atoms with E-state index in [-0.39, 0.29) is 52.1 Å². The Morgan fingerprint density at radius 1 is 1.33 bits per heavy atom. The molecule has 0 radical (unpaired) electrons. The first-order chi connectivity index (χ1) is 12.8. The minimum Gasteiger partial charge on any atom is -0.462 e. The Balaban J connectivity index is 1.60. The molecule has 6 fully saturated rings. The lowest BCUT2D eigenvalue weighted by Crippen LogP contribution is -2.70. The molecule has 0 aromatic carbocycles. The van der Waals surface area contributed by atoms with Gasteiger partial charge >= 0.3 is 5.97 Å². The highest BCUT2D eigenvalue weighted by molar-refractivity contribution is 5.71. The molecule has 146 valence electrons. The van der Waals surface area contributed by atoms with E-state index in [0.29, 0.717) is 5.92 Å². The highest BCUT2D eigenvalue weighted by Gasteiger charge is 2.85. The van der Waals surface area contributed by atoms with Crippen molar-refractivity contribution in [2.45, 2.75) is 70.3 Å². The average Bonchev–Trinajstić information content (AvgIpc) is 3.02. The van der Waals surface area contributed by atoms with Gasteiger partial charge in [-0.25, -0.2) is 0 Å². The van der Waals surface area contributed by atoms with E-state index < -0.39 is 12.2 Å². The molecule has 0 amide bonds. The Kier molecular flexibility index (Phi) is 2.90. The maximum Gasteiger partial charge on any atom is 0.302 e. The van der Waals surface area contributed by atoms with Crippen molar-refractivity contribution in [3.8, 4) is 0 Å². The number of aliphatic imine (C=N–C) groups is 1. The third-order valence-corrected chi connectivity index (χ3v) is 9.91. The van der Waals surface area contributed by atoms with Gasteiger partial charge in [-0.3, -0.25) is 9.79 Å². The number of carbonyl (C=O) groups excluding carboxylic acids is 1. The highest BCUT2D eigenvalue weighted by Crippen LogP contribution is 2.82. The van der Waals surface area contributed by atoms with Crippen molar-refractivity contribution in [3.63, 3.8) is 0 Å². The smallest absolute Gasteiger partial charge is 0.302 e. The minimum atomic E-state index is -0.572. The molecule has 11 unspecified atom stereocenters. The lowest BCUT2D eigenvalue weighted by molar-refractivity contribution is -0.241. The van der Waals surface area contributed by atoms with Gasteiger partial charge in [0.15, 0.2) is 0 Å². The van der Waals surface area contributed by atoms with E-state index in [2.05, 4.69) is 19.7 Å². The zero-order valence-electron chi connectivity index (χ0n) is 16.1. The maximum atomic E-state index is 12.0. The molecule has 11 atom stereocenters. The lowest BCUT2D eigenvalue weighted by atomic mass is 9.39. The first-order valence-electron chi connectivity index (χ1n) is 10.5. The standard InChI is InChI=1S/C22H29NO4/c1-10-12-4-7-21(19(10)26)13-8-14-20(3)6-5-15(27-11(2)24)22(14,17(21)16(12)25)18(13)23-9-20/h9,12-19,25-26H,1,4-8H2,2-3H3. The molecule has 6 saturated carbocycles. The fourth-order valence-electron chi connectivity index (χ4n) is 9.30. The third-order valence-electron chi connectivity index (χ3n) is 9.91. The molecule has 6 aliphatic carbocycles. The molecule has 0 saturated heterocycles. The first-order valence-corrected chi connectivity index (χ1v) is 10.5. The van der Waals surface area contributed by atoms with Gasteiger partial charge in [0.2, 0.25) is 0 Å². The number of hydrogen-bond acceptors (Lipinski definition) is 5. The number of esters is 1. The van der Waals surface area contributed by atoms with Crippen LogP contribution in [0.5, 0.6) is 0 Å². The van der Waals surface area contributed by atoms with Gasteiger partial charge in [0, 0.05) is 41.2 Å². The summed E-state index contributed by atoms with van der Waals surface area (Å²) in [6.45, 7) is 7.96. The zero-order valence-corrected chi connectivity index (χ0v) is 16.1. The molecule has 0 aromatic rings. The Morgan fingerprint density at radius 3 is 2.85 bits per heavy atom. The van der Waals surface area contributed by atoms with Crippen LogP contribution in [0.1, 0.15) is 46.0 Å². The Morgan fingerprint density at radius 2 is 2.11 bits per heavy atom. The molecule has 2 N–H and O–H groups in total. The van der Waals surface area contributed by atoms with E-state index in [1.165, 1.54) is 6.92 Å². The predicted octanol–water partition coefficient (Wildman–Crippen LogP) is 2.11. The van der Waals surface area contributed by atoms with Gasteiger partial charge in [-0.05, 0) is 49.5 Å². The maximum absolute atomic E-state index is 12.0. The Hall–Kier alpha value is -1.20. The quantitative estimate of drug-likeness (QED) is 0.547. The summed E-state index contributed by atoms with van der Waals surface area (Å²) >= 11 is 0. The topological polar surface area (TPSA) is 79.1 Å². The first kappa shape index (κ1) is 16.7. The van der Waals surface area contributed by atoms with Crippen molar-refractivity contribution in [1.82, 2.24) is 0 Å². The van der Waals surface area contributed by atoms with Crippen molar-refractivity contribution in [2.75, 3.05) is 0 Å². The number of carbonyl (C=O) groups is 1. The van der Waals surface area contributed by atoms with E-state index >= 15 is 0 Å². The second-order valence-corrected chi connectivity index (χ2v) is 10.5. The monoisotopic (exact) mass is 371 g/mol. The second kappa shape index (κ2) is 4.68. The van der Waals surface area contributed by atoms with Crippen LogP contribution in [0, 0.1) is 39.9 Å². The van der Waals surface area contributed by atoms with E-state index in [4.69, 9.17) is 9.73 Å². The summed E-state index contributed by atoms with van der Waals surface area (Å²) in [6.07, 6.45) is 5.49. The number of aliphatic hydroxyl groups is 2. The Labute approximate surface area is 159 Å². The summed E-state index contributed by atoms with van der Waals surface area (Å²) in [5.74, 6) is 0.255. The molecule has 0 aromatic heterocycles. The molecule has 5 heteroatoms. The van der Waals surface area contributed by atoms with E-state index in [9.17, 15) is 15.0 Å². The van der Waals surface area contributed by atoms with Gasteiger partial charge in [0.05, 0.1) is 18.2 Å². The molecule has 5 nitrogen and oxygen atoms in total. The largest absolute Gasteiger partial charge is 0.462 e. The van der Waals surface area contributed by atoms with Crippen LogP contribution < -0.4 is 0 Å². The number of rotatable bonds is 1. The fourth-order valence-corrected chi connectivity index (χ4v) is 9.30. The van der Waals surface area contributed by atoms with Crippen molar-refractivity contribution < 1.29 is 19.7 Å². The number of fused-ring (bicyclic) bond motifs is 2. The van der Waals surface area contributed by atoms with Crippen molar-refractivity contribution in [3.05, 3.63) is 12.2 Å². The van der Waals surface area contributed by atoms with E-state index in [1.807, 2.05) is 0 Å². The van der Waals surface area contributed by atoms with E-state index in [0.717, 1.165) is 37.7 Å². The van der Waals surface area contributed by atoms with Crippen LogP contribution in [-0.4, -0.2) is 46.8 Å². The average molecular weight is 371 g/mol. The second-order valence-electron chi connectivity index (χ2n) is 10.5. The Bertz CT molecular complexity index is 793. The highest BCUT2D eigenvalue weighted by atomic mass is 16.5. The molecule has 7 bridgehead atoms. The van der Waals surface area contributed by atoms with Crippen molar-refractivity contribution >= 4 is 12.2 Å². The van der Waals surface area contributed by atoms with E-state index in [1.54, 1.807) is 0 Å². The summed E-state index contributed by atoms with van der Waals surface area (Å²) in [5, 5.41) is 22.9. The number of hydrogen-bond donors (Lipinski definition) is 2.